The van der Waals surface area contributed by atoms with Gasteiger partial charge in [-0.3, -0.25) is 4.79 Å². The summed E-state index contributed by atoms with van der Waals surface area (Å²) in [7, 11) is 0. The van der Waals surface area contributed by atoms with Gasteiger partial charge in [0.15, 0.2) is 17.2 Å². The molecule has 10 heterocycles. The maximum atomic E-state index is 13.0. The van der Waals surface area contributed by atoms with Crippen LogP contribution in [0.1, 0.15) is 118 Å². The molecule has 0 radical (unpaired) electrons. The molecular formula is C48H65N13O9. The van der Waals surface area contributed by atoms with Crippen LogP contribution in [-0.4, -0.2) is 136 Å². The lowest BCUT2D eigenvalue weighted by molar-refractivity contribution is -0.00293. The molecule has 10 rings (SSSR count). The minimum absolute atomic E-state index is 0. The van der Waals surface area contributed by atoms with Crippen molar-refractivity contribution in [1.29, 1.82) is 0 Å². The molecule has 22 heteroatoms. The smallest absolute Gasteiger partial charge is 0.410 e. The molecule has 6 aromatic rings. The number of nitrogens with one attached hydrogen (secondary N) is 2. The third-order valence-electron chi connectivity index (χ3n) is 12.2. The summed E-state index contributed by atoms with van der Waals surface area (Å²) < 4.78 is 21.2. The third kappa shape index (κ3) is 11.8. The topological polar surface area (TPSA) is 281 Å². The minimum Gasteiger partial charge on any atom is -0.476 e. The molecule has 0 unspecified atom stereocenters. The van der Waals surface area contributed by atoms with Crippen molar-refractivity contribution in [2.24, 2.45) is 17.6 Å². The largest absolute Gasteiger partial charge is 0.476 e. The highest BCUT2D eigenvalue weighted by Gasteiger charge is 2.35. The summed E-state index contributed by atoms with van der Waals surface area (Å²) >= 11 is 0. The molecule has 4 aliphatic rings. The summed E-state index contributed by atoms with van der Waals surface area (Å²) in [6.07, 6.45) is 10.6. The number of ether oxygens (including phenoxy) is 2. The van der Waals surface area contributed by atoms with Gasteiger partial charge in [0.1, 0.15) is 58.3 Å². The number of Topliss-reactive ketones (excluding diaryl/α,β-unsaturated/α-hetero) is 1. The number of carboxylic acids is 1. The summed E-state index contributed by atoms with van der Waals surface area (Å²) in [6, 6.07) is 3.87. The van der Waals surface area contributed by atoms with Crippen molar-refractivity contribution in [3.8, 4) is 0 Å². The molecule has 376 valence electrons. The Balaban J connectivity index is 0.000000171. The van der Waals surface area contributed by atoms with Crippen LogP contribution in [0.4, 0.5) is 21.2 Å². The molecule has 0 aromatic carbocycles. The lowest BCUT2D eigenvalue weighted by atomic mass is 9.93. The fraction of sp³-hybridized carbons (Fsp3) is 0.542. The van der Waals surface area contributed by atoms with Crippen LogP contribution in [0.25, 0.3) is 22.1 Å². The molecule has 6 aromatic heterocycles. The van der Waals surface area contributed by atoms with Crippen molar-refractivity contribution in [1.82, 2.24) is 50.0 Å². The number of carbonyl (C=O) groups is 4. The standard InChI is InChI=1S/C24H30N6O4.C13H11N5O3.C10H20N2O2.CH4/c1-24(2,3)33-23(32)30-11-15(12-30)5-4-6-18(31)20-17-13-29(10-8-19(17)34-28-20)22-16-7-9-25-21(16)26-14-27-22;19-13(20)10-8-5-18(4-2-9(8)21-17-10)12-7-1-3-14-11(7)15-6-16-12;1-10(2,3)14-9(13)12-6-8(7-12)4-5-11;/h7,9,14-15H,4-6,8,10-13H2,1-3H3,(H,25,26,27);1,3,6H,2,4-5H2,(H,19,20)(H,14,15,16);8H,4-7,11H2,1-3H3;1H4. The summed E-state index contributed by atoms with van der Waals surface area (Å²) in [5.41, 5.74) is 7.99. The SMILES string of the molecule is C.CC(C)(C)OC(=O)N1CC(CCCC(=O)c2noc3c2CN(c2ncnc4[nH]ccc24)CC3)C1.CC(C)(C)OC(=O)N1CC(CCN)C1.O=C(O)c1noc2c1CN(c1ncnc3[nH]ccc13)CC2. The Hall–Kier alpha value is -7.10. The van der Waals surface area contributed by atoms with Crippen molar-refractivity contribution in [3.05, 3.63) is 71.2 Å². The molecule has 0 atom stereocenters. The number of H-pyrrole nitrogens is 2. The van der Waals surface area contributed by atoms with E-state index in [2.05, 4.69) is 45.1 Å². The van der Waals surface area contributed by atoms with Gasteiger partial charge in [0.05, 0.1) is 23.9 Å². The first-order chi connectivity index (χ1) is 32.9. The van der Waals surface area contributed by atoms with Crippen LogP contribution < -0.4 is 15.5 Å². The number of aromatic nitrogens is 8. The Kier molecular flexibility index (Phi) is 15.4. The normalized spacial score (nSPS) is 15.9. The number of fused-ring (bicyclic) bond motifs is 4. The number of carbonyl (C=O) groups excluding carboxylic acids is 3. The number of aromatic amines is 2. The molecule has 0 spiro atoms. The molecule has 70 heavy (non-hydrogen) atoms. The van der Waals surface area contributed by atoms with Crippen molar-refractivity contribution < 1.29 is 42.8 Å². The molecule has 5 N–H and O–H groups in total. The van der Waals surface area contributed by atoms with Gasteiger partial charge in [-0.1, -0.05) is 17.7 Å². The number of carboxylic acid groups (broad SMARTS) is 1. The first kappa shape index (κ1) is 50.8. The second-order valence-corrected chi connectivity index (χ2v) is 19.8. The van der Waals surface area contributed by atoms with E-state index < -0.39 is 17.2 Å². The first-order valence-corrected chi connectivity index (χ1v) is 23.4. The Morgan fingerprint density at radius 3 is 1.63 bits per heavy atom. The maximum Gasteiger partial charge on any atom is 0.410 e. The molecule has 2 saturated heterocycles. The van der Waals surface area contributed by atoms with Crippen molar-refractivity contribution in [3.63, 3.8) is 0 Å². The molecule has 4 aliphatic heterocycles. The van der Waals surface area contributed by atoms with E-state index in [-0.39, 0.29) is 31.1 Å². The summed E-state index contributed by atoms with van der Waals surface area (Å²) in [5.74, 6) is 2.96. The summed E-state index contributed by atoms with van der Waals surface area (Å²) in [5, 5.41) is 18.8. The van der Waals surface area contributed by atoms with Gasteiger partial charge in [-0.2, -0.15) is 0 Å². The van der Waals surface area contributed by atoms with Crippen molar-refractivity contribution in [2.45, 2.75) is 112 Å². The number of ketones is 1. The van der Waals surface area contributed by atoms with Crippen LogP contribution in [0.2, 0.25) is 0 Å². The predicted octanol–water partition coefficient (Wildman–Crippen LogP) is 6.77. The molecule has 2 amide bonds. The van der Waals surface area contributed by atoms with Crippen LogP contribution in [0.15, 0.2) is 46.2 Å². The number of hydrogen-bond donors (Lipinski definition) is 4. The number of nitrogens with zero attached hydrogens (tertiary/aromatic N) is 10. The highest BCUT2D eigenvalue weighted by atomic mass is 16.6. The highest BCUT2D eigenvalue weighted by Crippen LogP contribution is 2.32. The van der Waals surface area contributed by atoms with Gasteiger partial charge in [0.25, 0.3) is 0 Å². The second-order valence-electron chi connectivity index (χ2n) is 19.8. The lowest BCUT2D eigenvalue weighted by Crippen LogP contribution is -2.52. The quantitative estimate of drug-likeness (QED) is 0.103. The van der Waals surface area contributed by atoms with E-state index in [1.165, 1.54) is 6.33 Å². The van der Waals surface area contributed by atoms with E-state index in [0.29, 0.717) is 87.4 Å². The van der Waals surface area contributed by atoms with Crippen LogP contribution in [0.3, 0.4) is 0 Å². The van der Waals surface area contributed by atoms with E-state index in [0.717, 1.165) is 83.9 Å². The predicted molar refractivity (Wildman–Crippen MR) is 258 cm³/mol. The minimum atomic E-state index is -1.07. The van der Waals surface area contributed by atoms with Gasteiger partial charge < -0.3 is 58.9 Å². The van der Waals surface area contributed by atoms with E-state index in [1.807, 2.05) is 64.8 Å². The zero-order valence-electron chi connectivity index (χ0n) is 40.0. The van der Waals surface area contributed by atoms with Gasteiger partial charge in [0, 0.05) is 82.1 Å². The van der Waals surface area contributed by atoms with Crippen LogP contribution in [-0.2, 0) is 35.4 Å². The van der Waals surface area contributed by atoms with E-state index in [9.17, 15) is 19.2 Å². The number of hydrogen-bond acceptors (Lipinski definition) is 17. The monoisotopic (exact) mass is 968 g/mol. The van der Waals surface area contributed by atoms with Crippen molar-refractivity contribution >= 4 is 57.6 Å². The molecule has 22 nitrogen and oxygen atoms in total. The number of anilines is 2. The fourth-order valence-corrected chi connectivity index (χ4v) is 8.75. The summed E-state index contributed by atoms with van der Waals surface area (Å²) in [6.45, 7) is 17.3. The number of rotatable bonds is 10. The fourth-order valence-electron chi connectivity index (χ4n) is 8.75. The van der Waals surface area contributed by atoms with Gasteiger partial charge >= 0.3 is 18.2 Å². The zero-order chi connectivity index (χ0) is 49.0. The van der Waals surface area contributed by atoms with E-state index >= 15 is 0 Å². The maximum absolute atomic E-state index is 13.0. The van der Waals surface area contributed by atoms with Gasteiger partial charge in [-0.25, -0.2) is 34.3 Å². The van der Waals surface area contributed by atoms with Gasteiger partial charge in [0.2, 0.25) is 0 Å². The molecule has 0 bridgehead atoms. The Bertz CT molecular complexity index is 2770. The third-order valence-corrected chi connectivity index (χ3v) is 12.2. The number of amides is 2. The van der Waals surface area contributed by atoms with Crippen LogP contribution in [0.5, 0.6) is 0 Å². The zero-order valence-corrected chi connectivity index (χ0v) is 40.0. The lowest BCUT2D eigenvalue weighted by Gasteiger charge is -2.39. The Morgan fingerprint density at radius 2 is 1.17 bits per heavy atom. The highest BCUT2D eigenvalue weighted by molar-refractivity contribution is 5.96. The Labute approximate surface area is 405 Å². The number of aromatic carboxylic acids is 1. The molecular weight excluding hydrogens is 903 g/mol. The average molecular weight is 968 g/mol. The summed E-state index contributed by atoms with van der Waals surface area (Å²) in [4.78, 5) is 78.6. The Morgan fingerprint density at radius 1 is 0.714 bits per heavy atom. The molecule has 0 saturated carbocycles. The molecule has 2 fully saturated rings. The van der Waals surface area contributed by atoms with Gasteiger partial charge in [-0.15, -0.1) is 0 Å². The van der Waals surface area contributed by atoms with Crippen molar-refractivity contribution in [2.75, 3.05) is 55.6 Å². The number of nitrogens with two attached hydrogens (primary N) is 1. The molecule has 0 aliphatic carbocycles. The first-order valence-electron chi connectivity index (χ1n) is 23.4. The average Bonchev–Trinajstić information content (AvgIpc) is 4.10. The van der Waals surface area contributed by atoms with Crippen LogP contribution in [0, 0.1) is 11.8 Å². The van der Waals surface area contributed by atoms with Gasteiger partial charge in [-0.05, 0) is 91.3 Å². The van der Waals surface area contributed by atoms with E-state index in [4.69, 9.17) is 29.4 Å². The second kappa shape index (κ2) is 21.3. The van der Waals surface area contributed by atoms with E-state index in [1.54, 1.807) is 22.3 Å². The van der Waals surface area contributed by atoms with Crippen LogP contribution >= 0.6 is 0 Å². The number of likely N-dealkylation sites (tertiary alicyclic amines) is 2.